The number of thiocarbonyl (C=S) groups is 1. The van der Waals surface area contributed by atoms with Crippen LogP contribution in [0.3, 0.4) is 0 Å². The Hall–Kier alpha value is -4.63. The van der Waals surface area contributed by atoms with Gasteiger partial charge in [-0.1, -0.05) is 42.5 Å². The minimum Gasteiger partial charge on any atom is -0.497 e. The molecule has 0 aliphatic carbocycles. The van der Waals surface area contributed by atoms with E-state index in [1.54, 1.807) is 38.5 Å². The van der Waals surface area contributed by atoms with Gasteiger partial charge in [0.05, 0.1) is 20.6 Å². The van der Waals surface area contributed by atoms with E-state index in [-0.39, 0.29) is 18.2 Å². The van der Waals surface area contributed by atoms with Crippen LogP contribution in [0, 0.1) is 0 Å². The summed E-state index contributed by atoms with van der Waals surface area (Å²) in [7, 11) is 4.78. The van der Waals surface area contributed by atoms with Crippen LogP contribution in [0.1, 0.15) is 23.1 Å². The van der Waals surface area contributed by atoms with Crippen LogP contribution in [0.2, 0.25) is 0 Å². The first-order valence-corrected chi connectivity index (χ1v) is 12.9. The minimum absolute atomic E-state index is 0.0973. The number of allylic oxidation sites excluding steroid dienone is 1. The first-order valence-electron chi connectivity index (χ1n) is 12.5. The van der Waals surface area contributed by atoms with Crippen molar-refractivity contribution in [2.75, 3.05) is 21.3 Å². The summed E-state index contributed by atoms with van der Waals surface area (Å²) < 4.78 is 22.7. The van der Waals surface area contributed by atoms with E-state index in [9.17, 15) is 9.59 Å². The average Bonchev–Trinajstić information content (AvgIpc) is 2.98. The van der Waals surface area contributed by atoms with E-state index < -0.39 is 0 Å². The van der Waals surface area contributed by atoms with Gasteiger partial charge >= 0.3 is 0 Å². The number of hydrogen-bond donors (Lipinski definition) is 0. The lowest BCUT2D eigenvalue weighted by Crippen LogP contribution is -2.45. The Labute approximate surface area is 239 Å². The van der Waals surface area contributed by atoms with Crippen molar-refractivity contribution in [3.63, 3.8) is 0 Å². The highest BCUT2D eigenvalue weighted by Gasteiger charge is 2.23. The molecule has 9 heteroatoms. The second-order valence-corrected chi connectivity index (χ2v) is 9.40. The first-order chi connectivity index (χ1) is 19.4. The van der Waals surface area contributed by atoms with Gasteiger partial charge in [-0.2, -0.15) is 0 Å². The van der Waals surface area contributed by atoms with Gasteiger partial charge in [0.25, 0.3) is 11.8 Å². The number of benzene rings is 3. The van der Waals surface area contributed by atoms with Crippen molar-refractivity contribution >= 4 is 35.0 Å². The smallest absolute Gasteiger partial charge is 0.265 e. The molecule has 40 heavy (non-hydrogen) atoms. The number of methoxy groups -OCH3 is 2. The molecule has 206 valence electrons. The second kappa shape index (κ2) is 13.4. The van der Waals surface area contributed by atoms with E-state index in [1.165, 1.54) is 29.3 Å². The number of carbonyl (C=O) groups excluding carboxylic acids is 2. The van der Waals surface area contributed by atoms with Crippen molar-refractivity contribution in [2.24, 2.45) is 0 Å². The number of hydrazine groups is 1. The monoisotopic (exact) mass is 558 g/mol. The highest BCUT2D eigenvalue weighted by molar-refractivity contribution is 7.80. The van der Waals surface area contributed by atoms with Crippen molar-refractivity contribution < 1.29 is 28.5 Å². The lowest BCUT2D eigenvalue weighted by molar-refractivity contribution is -0.151. The molecule has 0 saturated heterocycles. The second-order valence-electron chi connectivity index (χ2n) is 8.87. The van der Waals surface area contributed by atoms with Gasteiger partial charge < -0.3 is 18.9 Å². The molecular weight excluding hydrogens is 528 g/mol. The van der Waals surface area contributed by atoms with E-state index >= 15 is 0 Å². The molecule has 1 heterocycles. The van der Waals surface area contributed by atoms with Crippen molar-refractivity contribution in [2.45, 2.75) is 19.6 Å². The van der Waals surface area contributed by atoms with Crippen LogP contribution in [0.4, 0.5) is 0 Å². The van der Waals surface area contributed by atoms with Gasteiger partial charge in [0, 0.05) is 24.2 Å². The maximum atomic E-state index is 12.8. The van der Waals surface area contributed by atoms with Crippen LogP contribution in [-0.2, 0) is 22.8 Å². The zero-order valence-corrected chi connectivity index (χ0v) is 23.4. The average molecular weight is 559 g/mol. The van der Waals surface area contributed by atoms with E-state index in [1.807, 2.05) is 54.6 Å². The molecule has 0 N–H and O–H groups in total. The van der Waals surface area contributed by atoms with E-state index in [2.05, 4.69) is 0 Å². The zero-order valence-electron chi connectivity index (χ0n) is 22.5. The fraction of sp³-hybridized carbons (Fsp3) is 0.194. The number of rotatable bonds is 11. The summed E-state index contributed by atoms with van der Waals surface area (Å²) in [6, 6.07) is 20.7. The van der Waals surface area contributed by atoms with Crippen LogP contribution in [0.25, 0.3) is 6.08 Å². The van der Waals surface area contributed by atoms with Gasteiger partial charge in [-0.3, -0.25) is 9.59 Å². The normalized spacial score (nSPS) is 12.9. The molecule has 0 radical (unpaired) electrons. The third-order valence-corrected chi connectivity index (χ3v) is 6.40. The molecule has 0 aromatic heterocycles. The fourth-order valence-corrected chi connectivity index (χ4v) is 3.99. The zero-order chi connectivity index (χ0) is 28.5. The number of likely N-dealkylation sites (N-methyl/N-ethyl adjacent to an activating group) is 1. The SMILES string of the molecule is COc1ccc(COc2ccc(C=CC(=O)N(C)N3C=CC(=S)CC3=O)cc2OCc2ccc(OC)cc2)cc1. The molecule has 0 bridgehead atoms. The summed E-state index contributed by atoms with van der Waals surface area (Å²) >= 11 is 5.06. The van der Waals surface area contributed by atoms with Gasteiger partial charge in [-0.15, -0.1) is 0 Å². The van der Waals surface area contributed by atoms with Crippen molar-refractivity contribution in [1.82, 2.24) is 10.0 Å². The number of amides is 2. The molecule has 0 atom stereocenters. The number of hydrogen-bond acceptors (Lipinski definition) is 7. The fourth-order valence-electron chi connectivity index (χ4n) is 3.80. The predicted molar refractivity (Wildman–Crippen MR) is 156 cm³/mol. The topological polar surface area (TPSA) is 77.5 Å². The first kappa shape index (κ1) is 28.4. The molecule has 3 aromatic carbocycles. The van der Waals surface area contributed by atoms with Crippen LogP contribution in [-0.4, -0.2) is 48.0 Å². The molecule has 4 rings (SSSR count). The lowest BCUT2D eigenvalue weighted by atomic mass is 10.1. The molecule has 3 aromatic rings. The van der Waals surface area contributed by atoms with Gasteiger partial charge in [-0.25, -0.2) is 10.0 Å². The summed E-state index contributed by atoms with van der Waals surface area (Å²) in [4.78, 5) is 25.6. The van der Waals surface area contributed by atoms with Gasteiger partial charge in [0.15, 0.2) is 11.5 Å². The largest absolute Gasteiger partial charge is 0.497 e. The van der Waals surface area contributed by atoms with Crippen molar-refractivity contribution in [3.05, 3.63) is 102 Å². The van der Waals surface area contributed by atoms with Gasteiger partial charge in [0.2, 0.25) is 0 Å². The Kier molecular flexibility index (Phi) is 9.53. The number of nitrogens with zero attached hydrogens (tertiary/aromatic N) is 2. The summed E-state index contributed by atoms with van der Waals surface area (Å²) in [6.07, 6.45) is 6.30. The predicted octanol–water partition coefficient (Wildman–Crippen LogP) is 5.36. The number of ether oxygens (including phenoxy) is 4. The molecule has 0 fully saturated rings. The molecular formula is C31H30N2O6S. The maximum Gasteiger partial charge on any atom is 0.265 e. The van der Waals surface area contributed by atoms with Crippen molar-refractivity contribution in [3.8, 4) is 23.0 Å². The van der Waals surface area contributed by atoms with Crippen molar-refractivity contribution in [1.29, 1.82) is 0 Å². The molecule has 1 aliphatic heterocycles. The van der Waals surface area contributed by atoms with Crippen LogP contribution < -0.4 is 18.9 Å². The Morgan fingerprint density at radius 1 is 0.900 bits per heavy atom. The summed E-state index contributed by atoms with van der Waals surface area (Å²) in [6.45, 7) is 0.644. The Bertz CT molecular complexity index is 1420. The van der Waals surface area contributed by atoms with Gasteiger partial charge in [0.1, 0.15) is 24.7 Å². The van der Waals surface area contributed by atoms with E-state index in [4.69, 9.17) is 31.2 Å². The molecule has 0 saturated carbocycles. The Morgan fingerprint density at radius 3 is 2.02 bits per heavy atom. The molecule has 0 unspecified atom stereocenters. The summed E-state index contributed by atoms with van der Waals surface area (Å²) in [5.41, 5.74) is 2.66. The quantitative estimate of drug-likeness (QED) is 0.232. The molecule has 1 aliphatic rings. The van der Waals surface area contributed by atoms with Crippen LogP contribution in [0.15, 0.2) is 85.1 Å². The highest BCUT2D eigenvalue weighted by Crippen LogP contribution is 2.31. The number of carbonyl (C=O) groups is 2. The molecule has 2 amide bonds. The maximum absolute atomic E-state index is 12.8. The summed E-state index contributed by atoms with van der Waals surface area (Å²) in [5, 5.41) is 2.49. The molecule has 8 nitrogen and oxygen atoms in total. The minimum atomic E-state index is -0.369. The van der Waals surface area contributed by atoms with Gasteiger partial charge in [-0.05, 0) is 65.2 Å². The summed E-state index contributed by atoms with van der Waals surface area (Å²) in [5.74, 6) is 1.99. The highest BCUT2D eigenvalue weighted by atomic mass is 32.1. The van der Waals surface area contributed by atoms with Crippen LogP contribution >= 0.6 is 12.2 Å². The van der Waals surface area contributed by atoms with Crippen LogP contribution in [0.5, 0.6) is 23.0 Å². The Balaban J connectivity index is 1.50. The standard InChI is InChI=1S/C31H30N2O6S/c1-32(33-17-16-27(40)19-31(33)35)30(34)15-9-22-8-14-28(38-20-23-4-10-25(36-2)11-5-23)29(18-22)39-21-24-6-12-26(37-3)13-7-24/h4-18H,19-21H2,1-3H3. The lowest BCUT2D eigenvalue weighted by Gasteiger charge is -2.30. The molecule has 0 spiro atoms. The van der Waals surface area contributed by atoms with E-state index in [0.717, 1.165) is 28.2 Å². The third-order valence-electron chi connectivity index (χ3n) is 6.12. The Morgan fingerprint density at radius 2 is 1.48 bits per heavy atom. The third kappa shape index (κ3) is 7.48. The van der Waals surface area contributed by atoms with E-state index in [0.29, 0.717) is 29.6 Å².